The highest BCUT2D eigenvalue weighted by Crippen LogP contribution is 2.22. The summed E-state index contributed by atoms with van der Waals surface area (Å²) in [7, 11) is 1.68. The van der Waals surface area contributed by atoms with E-state index in [2.05, 4.69) is 55.8 Å². The molecule has 2 heterocycles. The molecule has 0 aliphatic carbocycles. The first kappa shape index (κ1) is 16.3. The fourth-order valence-corrected chi connectivity index (χ4v) is 3.21. The van der Waals surface area contributed by atoms with E-state index in [0.717, 1.165) is 23.2 Å². The van der Waals surface area contributed by atoms with Crippen LogP contribution in [0.3, 0.4) is 0 Å². The Morgan fingerprint density at radius 3 is 2.81 bits per heavy atom. The Morgan fingerprint density at radius 1 is 1.19 bits per heavy atom. The van der Waals surface area contributed by atoms with E-state index in [4.69, 9.17) is 4.74 Å². The van der Waals surface area contributed by atoms with Crippen molar-refractivity contribution in [2.24, 2.45) is 5.10 Å². The molecule has 0 bridgehead atoms. The lowest BCUT2D eigenvalue weighted by molar-refractivity contribution is 0.414. The van der Waals surface area contributed by atoms with Gasteiger partial charge in [-0.15, -0.1) is 10.2 Å². The number of nitrogens with zero attached hydrogens (tertiary/aromatic N) is 4. The topological polar surface area (TPSA) is 64.3 Å². The second-order valence-corrected chi connectivity index (χ2v) is 6.52. The minimum absolute atomic E-state index is 0.670. The number of anilines is 1. The number of benzene rings is 2. The van der Waals surface area contributed by atoms with Gasteiger partial charge in [-0.05, 0) is 23.8 Å². The SMILES string of the molecule is COc1ccc(Cn2cc(/C=N/Nc3nncs3)c3ccccc32)cc1. The molecule has 26 heavy (non-hydrogen) atoms. The third kappa shape index (κ3) is 3.43. The molecule has 2 aromatic carbocycles. The number of fused-ring (bicyclic) bond motifs is 1. The largest absolute Gasteiger partial charge is 0.497 e. The number of nitrogens with one attached hydrogen (secondary N) is 1. The molecule has 4 rings (SSSR count). The summed E-state index contributed by atoms with van der Waals surface area (Å²) in [4.78, 5) is 0. The number of para-hydroxylation sites is 1. The summed E-state index contributed by atoms with van der Waals surface area (Å²) in [5.74, 6) is 0.863. The first-order valence-corrected chi connectivity index (χ1v) is 8.97. The molecule has 2 aromatic heterocycles. The Kier molecular flexibility index (Phi) is 4.61. The highest BCUT2D eigenvalue weighted by atomic mass is 32.1. The normalized spacial score (nSPS) is 11.3. The van der Waals surface area contributed by atoms with Crippen LogP contribution in [0.4, 0.5) is 5.13 Å². The molecule has 0 saturated carbocycles. The first-order chi connectivity index (χ1) is 12.8. The van der Waals surface area contributed by atoms with Crippen molar-refractivity contribution >= 4 is 33.6 Å². The van der Waals surface area contributed by atoms with Gasteiger partial charge in [0, 0.05) is 29.2 Å². The molecule has 0 fully saturated rings. The van der Waals surface area contributed by atoms with Crippen LogP contribution in [0.2, 0.25) is 0 Å². The molecule has 0 unspecified atom stereocenters. The first-order valence-electron chi connectivity index (χ1n) is 8.09. The summed E-state index contributed by atoms with van der Waals surface area (Å²) in [6, 6.07) is 16.4. The number of hydrogen-bond acceptors (Lipinski definition) is 6. The summed E-state index contributed by atoms with van der Waals surface area (Å²) >= 11 is 1.41. The van der Waals surface area contributed by atoms with Gasteiger partial charge in [0.15, 0.2) is 0 Å². The molecule has 7 heteroatoms. The number of rotatable bonds is 6. The minimum atomic E-state index is 0.670. The van der Waals surface area contributed by atoms with Gasteiger partial charge in [-0.1, -0.05) is 41.7 Å². The number of methoxy groups -OCH3 is 1. The maximum absolute atomic E-state index is 5.23. The summed E-state index contributed by atoms with van der Waals surface area (Å²) in [6.45, 7) is 0.780. The second-order valence-electron chi connectivity index (χ2n) is 5.69. The summed E-state index contributed by atoms with van der Waals surface area (Å²) in [6.07, 6.45) is 3.93. The predicted octanol–water partition coefficient (Wildman–Crippen LogP) is 4.00. The van der Waals surface area contributed by atoms with Crippen molar-refractivity contribution in [2.75, 3.05) is 12.5 Å². The van der Waals surface area contributed by atoms with Gasteiger partial charge in [0.2, 0.25) is 5.13 Å². The second kappa shape index (κ2) is 7.37. The van der Waals surface area contributed by atoms with Crippen LogP contribution < -0.4 is 10.2 Å². The lowest BCUT2D eigenvalue weighted by Gasteiger charge is -2.06. The Bertz CT molecular complexity index is 1020. The molecular weight excluding hydrogens is 346 g/mol. The maximum Gasteiger partial charge on any atom is 0.225 e. The van der Waals surface area contributed by atoms with Gasteiger partial charge < -0.3 is 9.30 Å². The van der Waals surface area contributed by atoms with Gasteiger partial charge in [-0.2, -0.15) is 5.10 Å². The van der Waals surface area contributed by atoms with E-state index in [0.29, 0.717) is 5.13 Å². The highest BCUT2D eigenvalue weighted by molar-refractivity contribution is 7.13. The molecule has 0 atom stereocenters. The monoisotopic (exact) mass is 363 g/mol. The van der Waals surface area contributed by atoms with Crippen molar-refractivity contribution in [3.63, 3.8) is 0 Å². The van der Waals surface area contributed by atoms with E-state index in [-0.39, 0.29) is 0 Å². The molecule has 0 aliphatic heterocycles. The molecule has 1 N–H and O–H groups in total. The van der Waals surface area contributed by atoms with E-state index < -0.39 is 0 Å². The average Bonchev–Trinajstić information content (AvgIpc) is 3.32. The summed E-state index contributed by atoms with van der Waals surface area (Å²) < 4.78 is 7.45. The zero-order valence-corrected chi connectivity index (χ0v) is 15.0. The number of aromatic nitrogens is 3. The van der Waals surface area contributed by atoms with Gasteiger partial charge in [-0.25, -0.2) is 0 Å². The van der Waals surface area contributed by atoms with Crippen molar-refractivity contribution in [1.82, 2.24) is 14.8 Å². The van der Waals surface area contributed by atoms with Gasteiger partial charge in [0.1, 0.15) is 11.3 Å². The number of hydrazone groups is 1. The van der Waals surface area contributed by atoms with Gasteiger partial charge in [0.25, 0.3) is 0 Å². The minimum Gasteiger partial charge on any atom is -0.497 e. The van der Waals surface area contributed by atoms with Crippen molar-refractivity contribution < 1.29 is 4.74 Å². The van der Waals surface area contributed by atoms with Crippen LogP contribution in [0, 0.1) is 0 Å². The highest BCUT2D eigenvalue weighted by Gasteiger charge is 2.07. The Hall–Kier alpha value is -3.19. The summed E-state index contributed by atoms with van der Waals surface area (Å²) in [5.41, 5.74) is 7.99. The van der Waals surface area contributed by atoms with Crippen LogP contribution in [0.25, 0.3) is 10.9 Å². The third-order valence-electron chi connectivity index (χ3n) is 4.06. The van der Waals surface area contributed by atoms with Gasteiger partial charge in [0.05, 0.1) is 13.3 Å². The number of ether oxygens (including phenoxy) is 1. The Labute approximate surface area is 154 Å². The van der Waals surface area contributed by atoms with E-state index in [1.165, 1.54) is 22.4 Å². The average molecular weight is 363 g/mol. The van der Waals surface area contributed by atoms with Crippen LogP contribution >= 0.6 is 11.3 Å². The fourth-order valence-electron chi connectivity index (χ4n) is 2.82. The third-order valence-corrected chi connectivity index (χ3v) is 4.65. The molecule has 130 valence electrons. The lowest BCUT2D eigenvalue weighted by Crippen LogP contribution is -1.98. The molecule has 0 radical (unpaired) electrons. The van der Waals surface area contributed by atoms with Gasteiger partial charge >= 0.3 is 0 Å². The fraction of sp³-hybridized carbons (Fsp3) is 0.105. The zero-order chi connectivity index (χ0) is 17.8. The molecule has 6 nitrogen and oxygen atoms in total. The standard InChI is InChI=1S/C19H17N5OS/c1-25-16-8-6-14(7-9-16)11-24-12-15(17-4-2-3-5-18(17)24)10-20-22-19-23-21-13-26-19/h2-10,12-13H,11H2,1H3,(H,22,23)/b20-10+. The van der Waals surface area contributed by atoms with Crippen molar-refractivity contribution in [1.29, 1.82) is 0 Å². The number of hydrogen-bond donors (Lipinski definition) is 1. The van der Waals surface area contributed by atoms with E-state index >= 15 is 0 Å². The van der Waals surface area contributed by atoms with Crippen LogP contribution in [0.15, 0.2) is 65.3 Å². The van der Waals surface area contributed by atoms with Gasteiger partial charge in [-0.3, -0.25) is 5.43 Å². The molecule has 0 saturated heterocycles. The van der Waals surface area contributed by atoms with Crippen LogP contribution in [0.5, 0.6) is 5.75 Å². The van der Waals surface area contributed by atoms with Crippen LogP contribution in [-0.4, -0.2) is 28.1 Å². The molecule has 4 aromatic rings. The molecule has 0 spiro atoms. The van der Waals surface area contributed by atoms with E-state index in [1.807, 2.05) is 30.5 Å². The van der Waals surface area contributed by atoms with Crippen LogP contribution in [0.1, 0.15) is 11.1 Å². The quantitative estimate of drug-likeness (QED) is 0.415. The maximum atomic E-state index is 5.23. The van der Waals surface area contributed by atoms with E-state index in [1.54, 1.807) is 12.6 Å². The van der Waals surface area contributed by atoms with Crippen molar-refractivity contribution in [2.45, 2.75) is 6.54 Å². The molecule has 0 aliphatic rings. The summed E-state index contributed by atoms with van der Waals surface area (Å²) in [5, 5.41) is 13.8. The van der Waals surface area contributed by atoms with E-state index in [9.17, 15) is 0 Å². The molecular formula is C19H17N5OS. The Morgan fingerprint density at radius 2 is 2.04 bits per heavy atom. The zero-order valence-electron chi connectivity index (χ0n) is 14.2. The predicted molar refractivity (Wildman–Crippen MR) is 105 cm³/mol. The Balaban J connectivity index is 1.61. The lowest BCUT2D eigenvalue weighted by atomic mass is 10.2. The molecule has 0 amide bonds. The van der Waals surface area contributed by atoms with Crippen molar-refractivity contribution in [3.8, 4) is 5.75 Å². The smallest absolute Gasteiger partial charge is 0.225 e. The van der Waals surface area contributed by atoms with Crippen LogP contribution in [-0.2, 0) is 6.54 Å². The van der Waals surface area contributed by atoms with Crippen molar-refractivity contribution in [3.05, 3.63) is 71.4 Å².